The molecule has 1 saturated heterocycles. The Hall–Kier alpha value is -2.52. The van der Waals surface area contributed by atoms with Gasteiger partial charge in [-0.3, -0.25) is 14.5 Å². The van der Waals surface area contributed by atoms with E-state index in [4.69, 9.17) is 10.5 Å². The number of amides is 2. The monoisotopic (exact) mass is 377 g/mol. The molecule has 2 aliphatic rings. The van der Waals surface area contributed by atoms with Crippen molar-refractivity contribution in [3.05, 3.63) is 41.1 Å². The third-order valence-corrected chi connectivity index (χ3v) is 5.84. The van der Waals surface area contributed by atoms with Gasteiger partial charge in [-0.1, -0.05) is 12.1 Å². The number of rotatable bonds is 5. The average Bonchev–Trinajstić information content (AvgIpc) is 2.64. The maximum Gasteiger partial charge on any atom is 0.352 e. The number of carbonyl (C=O) groups is 3. The van der Waals surface area contributed by atoms with Gasteiger partial charge in [0.15, 0.2) is 0 Å². The van der Waals surface area contributed by atoms with Crippen molar-refractivity contribution in [3.63, 3.8) is 0 Å². The molecule has 0 saturated carbocycles. The number of ether oxygens (including phenoxy) is 1. The van der Waals surface area contributed by atoms with Crippen molar-refractivity contribution in [1.29, 1.82) is 0 Å². The summed E-state index contributed by atoms with van der Waals surface area (Å²) in [5.41, 5.74) is 7.20. The summed E-state index contributed by atoms with van der Waals surface area (Å²) in [6, 6.07) is 5.04. The summed E-state index contributed by atoms with van der Waals surface area (Å²) >= 11 is 1.42. The first-order chi connectivity index (χ1) is 12.3. The molecule has 2 aliphatic heterocycles. The van der Waals surface area contributed by atoms with E-state index in [1.165, 1.54) is 16.7 Å². The summed E-state index contributed by atoms with van der Waals surface area (Å²) < 4.78 is 5.07. The lowest BCUT2D eigenvalue weighted by Crippen LogP contribution is -2.71. The van der Waals surface area contributed by atoms with E-state index in [2.05, 4.69) is 5.32 Å². The van der Waals surface area contributed by atoms with Crippen LogP contribution in [0.3, 0.4) is 0 Å². The highest BCUT2D eigenvalue weighted by Gasteiger charge is 2.53. The summed E-state index contributed by atoms with van der Waals surface area (Å²) in [7, 11) is 1.54. The number of aliphatic carboxylic acids is 1. The van der Waals surface area contributed by atoms with Gasteiger partial charge in [0.05, 0.1) is 7.11 Å². The molecule has 4 N–H and O–H groups in total. The number of fused-ring (bicyclic) bond motifs is 1. The van der Waals surface area contributed by atoms with Crippen LogP contribution in [0, 0.1) is 0 Å². The number of nitrogens with one attached hydrogen (secondary N) is 1. The molecule has 9 heteroatoms. The summed E-state index contributed by atoms with van der Waals surface area (Å²) in [6.07, 6.45) is 0. The Labute approximate surface area is 154 Å². The maximum absolute atomic E-state index is 12.4. The molecule has 138 valence electrons. The Morgan fingerprint density at radius 3 is 2.62 bits per heavy atom. The van der Waals surface area contributed by atoms with Crippen LogP contribution < -0.4 is 15.8 Å². The van der Waals surface area contributed by atoms with Crippen molar-refractivity contribution in [2.45, 2.75) is 24.4 Å². The Bertz CT molecular complexity index is 792. The molecule has 3 atom stereocenters. The van der Waals surface area contributed by atoms with Gasteiger partial charge in [0.25, 0.3) is 5.91 Å². The van der Waals surface area contributed by atoms with E-state index in [1.54, 1.807) is 38.3 Å². The molecular formula is C17H19N3O5S. The zero-order valence-corrected chi connectivity index (χ0v) is 15.1. The molecule has 2 amide bonds. The number of nitrogens with two attached hydrogens (primary N) is 1. The lowest BCUT2D eigenvalue weighted by molar-refractivity contribution is -0.150. The van der Waals surface area contributed by atoms with Gasteiger partial charge >= 0.3 is 5.97 Å². The first-order valence-electron chi connectivity index (χ1n) is 7.92. The predicted molar refractivity (Wildman–Crippen MR) is 95.3 cm³/mol. The largest absolute Gasteiger partial charge is 0.497 e. The molecule has 1 aromatic carbocycles. The molecule has 0 aromatic heterocycles. The lowest BCUT2D eigenvalue weighted by atomic mass is 10.0. The number of benzene rings is 1. The number of thioether (sulfide) groups is 1. The second-order valence-corrected chi connectivity index (χ2v) is 7.19. The molecular weight excluding hydrogens is 358 g/mol. The molecule has 3 rings (SSSR count). The fourth-order valence-electron chi connectivity index (χ4n) is 2.98. The van der Waals surface area contributed by atoms with E-state index in [0.717, 1.165) is 0 Å². The van der Waals surface area contributed by atoms with Crippen LogP contribution in [0.25, 0.3) is 0 Å². The van der Waals surface area contributed by atoms with Crippen molar-refractivity contribution in [1.82, 2.24) is 10.2 Å². The van der Waals surface area contributed by atoms with E-state index < -0.39 is 35.2 Å². The van der Waals surface area contributed by atoms with Crippen molar-refractivity contribution in [3.8, 4) is 5.75 Å². The number of nitrogens with zero attached hydrogens (tertiary/aromatic N) is 1. The molecule has 1 fully saturated rings. The van der Waals surface area contributed by atoms with Gasteiger partial charge in [0, 0.05) is 5.75 Å². The minimum Gasteiger partial charge on any atom is -0.497 e. The minimum atomic E-state index is -1.14. The SMILES string of the molecule is COc1ccc([C@@H](N)C(=O)N[C@@H]2C(=O)N3C(C(=O)O)=C(C)CS[C@H]23)cc1. The van der Waals surface area contributed by atoms with Crippen LogP contribution in [-0.2, 0) is 14.4 Å². The van der Waals surface area contributed by atoms with Crippen molar-refractivity contribution < 1.29 is 24.2 Å². The summed E-state index contributed by atoms with van der Waals surface area (Å²) in [5.74, 6) is -0.923. The number of hydrogen-bond acceptors (Lipinski definition) is 6. The van der Waals surface area contributed by atoms with Crippen LogP contribution in [0.5, 0.6) is 5.75 Å². The van der Waals surface area contributed by atoms with Gasteiger partial charge in [-0.05, 0) is 30.2 Å². The van der Waals surface area contributed by atoms with Gasteiger partial charge in [-0.15, -0.1) is 11.8 Å². The van der Waals surface area contributed by atoms with Gasteiger partial charge in [-0.25, -0.2) is 4.79 Å². The Kier molecular flexibility index (Phi) is 4.92. The Morgan fingerprint density at radius 2 is 2.04 bits per heavy atom. The van der Waals surface area contributed by atoms with E-state index in [9.17, 15) is 19.5 Å². The quantitative estimate of drug-likeness (QED) is 0.637. The number of carboxylic acid groups (broad SMARTS) is 1. The number of carbonyl (C=O) groups excluding carboxylic acids is 2. The third-order valence-electron chi connectivity index (χ3n) is 4.42. The number of hydrogen-bond donors (Lipinski definition) is 3. The number of methoxy groups -OCH3 is 1. The number of β-lactam (4-membered cyclic amide) rings is 1. The molecule has 0 radical (unpaired) electrons. The van der Waals surface area contributed by atoms with Crippen LogP contribution in [0.2, 0.25) is 0 Å². The second-order valence-electron chi connectivity index (χ2n) is 6.08. The zero-order chi connectivity index (χ0) is 19.0. The molecule has 0 spiro atoms. The lowest BCUT2D eigenvalue weighted by Gasteiger charge is -2.49. The van der Waals surface area contributed by atoms with Crippen LogP contribution in [0.15, 0.2) is 35.5 Å². The summed E-state index contributed by atoms with van der Waals surface area (Å²) in [5, 5.41) is 11.5. The summed E-state index contributed by atoms with van der Waals surface area (Å²) in [4.78, 5) is 37.4. The van der Waals surface area contributed by atoms with E-state index in [1.807, 2.05) is 0 Å². The highest BCUT2D eigenvalue weighted by molar-refractivity contribution is 8.00. The molecule has 26 heavy (non-hydrogen) atoms. The van der Waals surface area contributed by atoms with Crippen molar-refractivity contribution in [2.75, 3.05) is 12.9 Å². The third kappa shape index (κ3) is 3.04. The van der Waals surface area contributed by atoms with Gasteiger partial charge in [-0.2, -0.15) is 0 Å². The summed E-state index contributed by atoms with van der Waals surface area (Å²) in [6.45, 7) is 1.69. The number of carboxylic acids is 1. The fourth-order valence-corrected chi connectivity index (χ4v) is 4.27. The van der Waals surface area contributed by atoms with Crippen molar-refractivity contribution in [2.24, 2.45) is 5.73 Å². The highest BCUT2D eigenvalue weighted by atomic mass is 32.2. The van der Waals surface area contributed by atoms with Crippen molar-refractivity contribution >= 4 is 29.5 Å². The van der Waals surface area contributed by atoms with Gasteiger partial charge < -0.3 is 20.9 Å². The fraction of sp³-hybridized carbons (Fsp3) is 0.353. The smallest absolute Gasteiger partial charge is 0.352 e. The van der Waals surface area contributed by atoms with E-state index in [0.29, 0.717) is 22.6 Å². The minimum absolute atomic E-state index is 0.00343. The van der Waals surface area contributed by atoms with Gasteiger partial charge in [0.1, 0.15) is 28.9 Å². The highest BCUT2D eigenvalue weighted by Crippen LogP contribution is 2.40. The topological polar surface area (TPSA) is 122 Å². The first-order valence-corrected chi connectivity index (χ1v) is 8.97. The molecule has 2 heterocycles. The second kappa shape index (κ2) is 7.00. The van der Waals surface area contributed by atoms with E-state index in [-0.39, 0.29) is 5.70 Å². The van der Waals surface area contributed by atoms with Gasteiger partial charge in [0.2, 0.25) is 5.91 Å². The maximum atomic E-state index is 12.4. The van der Waals surface area contributed by atoms with E-state index >= 15 is 0 Å². The average molecular weight is 377 g/mol. The molecule has 0 unspecified atom stereocenters. The normalized spacial score (nSPS) is 23.0. The standard InChI is InChI=1S/C17H19N3O5S/c1-8-7-26-16-12(15(22)20(16)13(8)17(23)24)19-14(21)11(18)9-3-5-10(25-2)6-4-9/h3-6,11-12,16H,7,18H2,1-2H3,(H,19,21)(H,23,24)/t11-,12-,16-/m1/s1. The molecule has 0 bridgehead atoms. The Morgan fingerprint density at radius 1 is 1.38 bits per heavy atom. The van der Waals surface area contributed by atoms with Crippen LogP contribution in [0.1, 0.15) is 18.5 Å². The molecule has 8 nitrogen and oxygen atoms in total. The van der Waals surface area contributed by atoms with Crippen LogP contribution in [0.4, 0.5) is 0 Å². The predicted octanol–water partition coefficient (Wildman–Crippen LogP) is 0.454. The molecule has 0 aliphatic carbocycles. The Balaban J connectivity index is 1.69. The van der Waals surface area contributed by atoms with Crippen LogP contribution >= 0.6 is 11.8 Å². The molecule has 1 aromatic rings. The zero-order valence-electron chi connectivity index (χ0n) is 14.3. The van der Waals surface area contributed by atoms with Crippen LogP contribution in [-0.4, -0.2) is 52.1 Å². The first kappa shape index (κ1) is 18.3.